The summed E-state index contributed by atoms with van der Waals surface area (Å²) in [5.41, 5.74) is 2.33. The van der Waals surface area contributed by atoms with Gasteiger partial charge in [0.2, 0.25) is 5.91 Å². The van der Waals surface area contributed by atoms with Crippen molar-refractivity contribution in [1.82, 2.24) is 14.7 Å². The number of fused-ring (bicyclic) bond motifs is 1. The van der Waals surface area contributed by atoms with Crippen molar-refractivity contribution in [3.63, 3.8) is 0 Å². The molecule has 1 N–H and O–H groups in total. The van der Waals surface area contributed by atoms with Gasteiger partial charge in [-0.15, -0.1) is 0 Å². The quantitative estimate of drug-likeness (QED) is 0.615. The minimum absolute atomic E-state index is 0.223. The predicted octanol–water partition coefficient (Wildman–Crippen LogP) is 4.73. The number of hydrogen-bond acceptors (Lipinski definition) is 2. The average molecular weight is 425 g/mol. The fourth-order valence-electron chi connectivity index (χ4n) is 2.14. The van der Waals surface area contributed by atoms with Gasteiger partial charge in [0.1, 0.15) is 5.65 Å². The van der Waals surface area contributed by atoms with Gasteiger partial charge in [0.15, 0.2) is 0 Å². The molecule has 0 bridgehead atoms. The molecule has 4 nitrogen and oxygen atoms in total. The van der Waals surface area contributed by atoms with E-state index in [0.717, 1.165) is 21.4 Å². The van der Waals surface area contributed by atoms with Crippen LogP contribution in [0.1, 0.15) is 11.3 Å². The van der Waals surface area contributed by atoms with Gasteiger partial charge in [-0.1, -0.05) is 29.3 Å². The number of carbonyl (C=O) groups excluding carboxylic acids is 1. The molecule has 0 atom stereocenters. The van der Waals surface area contributed by atoms with Crippen molar-refractivity contribution in [3.8, 4) is 0 Å². The van der Waals surface area contributed by atoms with Crippen LogP contribution in [0.25, 0.3) is 11.7 Å². The first-order valence-electron chi connectivity index (χ1n) is 7.05. The largest absolute Gasteiger partial charge is 0.347 e. The van der Waals surface area contributed by atoms with Crippen molar-refractivity contribution in [2.45, 2.75) is 6.54 Å². The van der Waals surface area contributed by atoms with Gasteiger partial charge in [0, 0.05) is 33.0 Å². The van der Waals surface area contributed by atoms with Crippen LogP contribution >= 0.6 is 39.1 Å². The molecule has 0 aliphatic rings. The number of hydrogen-bond donors (Lipinski definition) is 1. The molecule has 122 valence electrons. The van der Waals surface area contributed by atoms with E-state index in [1.807, 2.05) is 28.9 Å². The number of nitrogens with one attached hydrogen (secondary N) is 1. The fraction of sp³-hybridized carbons (Fsp3) is 0.0588. The van der Waals surface area contributed by atoms with Gasteiger partial charge in [-0.2, -0.15) is 0 Å². The van der Waals surface area contributed by atoms with Crippen molar-refractivity contribution in [3.05, 3.63) is 74.6 Å². The number of nitrogens with zero attached hydrogens (tertiary/aromatic N) is 2. The van der Waals surface area contributed by atoms with E-state index in [9.17, 15) is 4.79 Å². The van der Waals surface area contributed by atoms with Gasteiger partial charge in [-0.3, -0.25) is 4.79 Å². The van der Waals surface area contributed by atoms with Crippen LogP contribution in [0.4, 0.5) is 0 Å². The molecule has 0 aliphatic carbocycles. The Balaban J connectivity index is 1.63. The van der Waals surface area contributed by atoms with Crippen LogP contribution in [-0.4, -0.2) is 15.3 Å². The lowest BCUT2D eigenvalue weighted by Gasteiger charge is -2.00. The third kappa shape index (κ3) is 4.17. The maximum absolute atomic E-state index is 11.9. The molecular weight excluding hydrogens is 413 g/mol. The molecular formula is C17H12BrCl2N3O. The zero-order chi connectivity index (χ0) is 17.1. The predicted molar refractivity (Wildman–Crippen MR) is 100 cm³/mol. The number of aromatic nitrogens is 2. The van der Waals surface area contributed by atoms with E-state index in [0.29, 0.717) is 16.6 Å². The van der Waals surface area contributed by atoms with Crippen molar-refractivity contribution in [2.24, 2.45) is 0 Å². The van der Waals surface area contributed by atoms with Crippen LogP contribution in [0.5, 0.6) is 0 Å². The molecule has 1 aromatic carbocycles. The number of benzene rings is 1. The molecule has 0 fully saturated rings. The summed E-state index contributed by atoms with van der Waals surface area (Å²) in [5, 5.41) is 3.85. The Morgan fingerprint density at radius 1 is 1.25 bits per heavy atom. The number of amides is 1. The second kappa shape index (κ2) is 7.38. The summed E-state index contributed by atoms with van der Waals surface area (Å²) in [6.07, 6.45) is 6.87. The molecule has 24 heavy (non-hydrogen) atoms. The van der Waals surface area contributed by atoms with E-state index in [4.69, 9.17) is 23.2 Å². The van der Waals surface area contributed by atoms with Gasteiger partial charge >= 0.3 is 0 Å². The molecule has 0 aliphatic heterocycles. The Morgan fingerprint density at radius 2 is 2.08 bits per heavy atom. The van der Waals surface area contributed by atoms with Crippen molar-refractivity contribution in [1.29, 1.82) is 0 Å². The molecule has 0 saturated carbocycles. The molecule has 3 aromatic rings. The van der Waals surface area contributed by atoms with Gasteiger partial charge in [-0.05, 0) is 51.8 Å². The Hall–Kier alpha value is -1.82. The fourth-order valence-corrected chi connectivity index (χ4v) is 2.97. The van der Waals surface area contributed by atoms with Crippen LogP contribution in [-0.2, 0) is 11.3 Å². The molecule has 0 radical (unpaired) electrons. The van der Waals surface area contributed by atoms with Gasteiger partial charge in [0.25, 0.3) is 0 Å². The average Bonchev–Trinajstić information content (AvgIpc) is 2.94. The lowest BCUT2D eigenvalue weighted by Crippen LogP contribution is -2.20. The van der Waals surface area contributed by atoms with Gasteiger partial charge < -0.3 is 9.72 Å². The lowest BCUT2D eigenvalue weighted by atomic mass is 10.2. The summed E-state index contributed by atoms with van der Waals surface area (Å²) in [5.74, 6) is -0.223. The van der Waals surface area contributed by atoms with Crippen LogP contribution in [0.15, 0.2) is 53.3 Å². The van der Waals surface area contributed by atoms with Crippen LogP contribution in [0.2, 0.25) is 10.0 Å². The normalized spacial score (nSPS) is 11.3. The monoisotopic (exact) mass is 423 g/mol. The van der Waals surface area contributed by atoms with E-state index in [-0.39, 0.29) is 5.91 Å². The summed E-state index contributed by atoms with van der Waals surface area (Å²) >= 11 is 15.3. The molecule has 2 aromatic heterocycles. The third-order valence-corrected chi connectivity index (χ3v) is 4.32. The number of rotatable bonds is 4. The first-order valence-corrected chi connectivity index (χ1v) is 8.60. The van der Waals surface area contributed by atoms with Gasteiger partial charge in [0.05, 0.1) is 12.2 Å². The first kappa shape index (κ1) is 17.0. The molecule has 7 heteroatoms. The van der Waals surface area contributed by atoms with Crippen LogP contribution < -0.4 is 5.32 Å². The Kier molecular flexibility index (Phi) is 5.23. The maximum Gasteiger partial charge on any atom is 0.244 e. The summed E-state index contributed by atoms with van der Waals surface area (Å²) < 4.78 is 2.86. The zero-order valence-electron chi connectivity index (χ0n) is 12.3. The Labute approximate surface area is 157 Å². The highest BCUT2D eigenvalue weighted by Crippen LogP contribution is 2.21. The SMILES string of the molecule is O=C(/C=C/c1ccc(Cl)cc1Cl)NCc1cn2cc(Br)ccc2n1. The number of carbonyl (C=O) groups is 1. The van der Waals surface area contributed by atoms with Gasteiger partial charge in [-0.25, -0.2) is 4.98 Å². The van der Waals surface area contributed by atoms with Crippen molar-refractivity contribution >= 4 is 56.8 Å². The summed E-state index contributed by atoms with van der Waals surface area (Å²) in [6, 6.07) is 8.94. The summed E-state index contributed by atoms with van der Waals surface area (Å²) in [4.78, 5) is 16.4. The minimum atomic E-state index is -0.223. The van der Waals surface area contributed by atoms with Crippen molar-refractivity contribution in [2.75, 3.05) is 0 Å². The number of imidazole rings is 1. The summed E-state index contributed by atoms with van der Waals surface area (Å²) in [7, 11) is 0. The smallest absolute Gasteiger partial charge is 0.244 e. The van der Waals surface area contributed by atoms with E-state index >= 15 is 0 Å². The van der Waals surface area contributed by atoms with Crippen LogP contribution in [0.3, 0.4) is 0 Å². The molecule has 1 amide bonds. The third-order valence-electron chi connectivity index (χ3n) is 3.29. The molecule has 0 unspecified atom stereocenters. The first-order chi connectivity index (χ1) is 11.5. The topological polar surface area (TPSA) is 46.4 Å². The highest BCUT2D eigenvalue weighted by molar-refractivity contribution is 9.10. The summed E-state index contributed by atoms with van der Waals surface area (Å²) in [6.45, 7) is 0.344. The highest BCUT2D eigenvalue weighted by atomic mass is 79.9. The number of pyridine rings is 1. The van der Waals surface area contributed by atoms with E-state index in [1.165, 1.54) is 6.08 Å². The Morgan fingerprint density at radius 3 is 2.88 bits per heavy atom. The second-order valence-electron chi connectivity index (χ2n) is 5.06. The van der Waals surface area contributed by atoms with E-state index < -0.39 is 0 Å². The second-order valence-corrected chi connectivity index (χ2v) is 6.82. The minimum Gasteiger partial charge on any atom is -0.347 e. The van der Waals surface area contributed by atoms with Crippen molar-refractivity contribution < 1.29 is 4.79 Å². The zero-order valence-corrected chi connectivity index (χ0v) is 15.4. The number of halogens is 3. The van der Waals surface area contributed by atoms with Crippen LogP contribution in [0, 0.1) is 0 Å². The molecule has 3 rings (SSSR count). The highest BCUT2D eigenvalue weighted by Gasteiger charge is 2.04. The maximum atomic E-state index is 11.9. The molecule has 2 heterocycles. The van der Waals surface area contributed by atoms with E-state index in [1.54, 1.807) is 24.3 Å². The molecule has 0 saturated heterocycles. The standard InChI is InChI=1S/C17H12BrCl2N3O/c18-12-3-5-16-22-14(10-23(16)9-12)8-21-17(24)6-2-11-1-4-13(19)7-15(11)20/h1-7,9-10H,8H2,(H,21,24)/b6-2+. The Bertz CT molecular complexity index is 937. The molecule has 0 spiro atoms. The van der Waals surface area contributed by atoms with E-state index in [2.05, 4.69) is 26.2 Å². The lowest BCUT2D eigenvalue weighted by molar-refractivity contribution is -0.116.